The second-order valence-electron chi connectivity index (χ2n) is 5.83. The van der Waals surface area contributed by atoms with Gasteiger partial charge in [0.2, 0.25) is 5.95 Å². The first kappa shape index (κ1) is 16.0. The number of aromatic nitrogens is 2. The number of nitrogens with zero attached hydrogens (tertiary/aromatic N) is 4. The predicted octanol–water partition coefficient (Wildman–Crippen LogP) is 2.54. The van der Waals surface area contributed by atoms with Crippen molar-refractivity contribution in [3.8, 4) is 0 Å². The molecule has 0 saturated carbocycles. The number of nitrogens with one attached hydrogen (secondary N) is 1. The summed E-state index contributed by atoms with van der Waals surface area (Å²) < 4.78 is 0. The van der Waals surface area contributed by atoms with E-state index in [-0.39, 0.29) is 0 Å². The molecule has 122 valence electrons. The Kier molecular flexibility index (Phi) is 5.31. The summed E-state index contributed by atoms with van der Waals surface area (Å²) in [5.41, 5.74) is 1.25. The fraction of sp³-hybridized carbons (Fsp3) is 0.412. The van der Waals surface area contributed by atoms with Crippen molar-refractivity contribution in [3.63, 3.8) is 0 Å². The van der Waals surface area contributed by atoms with E-state index in [2.05, 4.69) is 32.1 Å². The van der Waals surface area contributed by atoms with Gasteiger partial charge in [-0.05, 0) is 37.2 Å². The summed E-state index contributed by atoms with van der Waals surface area (Å²) in [4.78, 5) is 13.6. The number of benzene rings is 1. The monoisotopic (exact) mass is 331 g/mol. The van der Waals surface area contributed by atoms with Crippen LogP contribution in [0, 0.1) is 0 Å². The van der Waals surface area contributed by atoms with Crippen LogP contribution in [0.5, 0.6) is 0 Å². The number of piperazine rings is 1. The first-order valence-corrected chi connectivity index (χ1v) is 8.33. The Morgan fingerprint density at radius 2 is 1.83 bits per heavy atom. The van der Waals surface area contributed by atoms with Crippen LogP contribution in [0.15, 0.2) is 36.5 Å². The highest BCUT2D eigenvalue weighted by Crippen LogP contribution is 2.14. The summed E-state index contributed by atoms with van der Waals surface area (Å²) in [5.74, 6) is 1.69. The van der Waals surface area contributed by atoms with Crippen molar-refractivity contribution in [3.05, 3.63) is 47.1 Å². The van der Waals surface area contributed by atoms with Crippen LogP contribution in [0.25, 0.3) is 0 Å². The highest BCUT2D eigenvalue weighted by Gasteiger charge is 2.15. The predicted molar refractivity (Wildman–Crippen MR) is 95.4 cm³/mol. The number of hydrogen-bond donors (Lipinski definition) is 1. The number of rotatable bonds is 5. The summed E-state index contributed by atoms with van der Waals surface area (Å²) in [6, 6.07) is 9.91. The molecule has 0 spiro atoms. The molecular formula is C17H22ClN5. The quantitative estimate of drug-likeness (QED) is 0.912. The maximum atomic E-state index is 5.90. The van der Waals surface area contributed by atoms with Gasteiger partial charge in [0.15, 0.2) is 0 Å². The minimum atomic E-state index is 0.690. The molecule has 23 heavy (non-hydrogen) atoms. The van der Waals surface area contributed by atoms with Crippen LogP contribution in [0.4, 0.5) is 11.8 Å². The van der Waals surface area contributed by atoms with Gasteiger partial charge < -0.3 is 15.1 Å². The molecule has 0 amide bonds. The highest BCUT2D eigenvalue weighted by atomic mass is 35.5. The summed E-state index contributed by atoms with van der Waals surface area (Å²) in [6.45, 7) is 4.97. The normalized spacial score (nSPS) is 15.7. The minimum Gasteiger partial charge on any atom is -0.354 e. The van der Waals surface area contributed by atoms with Gasteiger partial charge in [-0.1, -0.05) is 23.7 Å². The molecule has 2 heterocycles. The second kappa shape index (κ2) is 7.62. The average Bonchev–Trinajstić information content (AvgIpc) is 2.58. The zero-order valence-electron chi connectivity index (χ0n) is 13.4. The smallest absolute Gasteiger partial charge is 0.224 e. The number of anilines is 2. The topological polar surface area (TPSA) is 44.3 Å². The SMILES string of the molecule is CN1CCN(c2ccnc(NCCc3ccc(Cl)cc3)n2)CC1. The molecular weight excluding hydrogens is 310 g/mol. The van der Waals surface area contributed by atoms with Gasteiger partial charge in [0.25, 0.3) is 0 Å². The van der Waals surface area contributed by atoms with E-state index in [0.29, 0.717) is 5.95 Å². The molecule has 0 atom stereocenters. The fourth-order valence-electron chi connectivity index (χ4n) is 2.62. The standard InChI is InChI=1S/C17H22ClN5/c1-22-10-12-23(13-11-22)16-7-9-20-17(21-16)19-8-6-14-2-4-15(18)5-3-14/h2-5,7,9H,6,8,10-13H2,1H3,(H,19,20,21). The van der Waals surface area contributed by atoms with E-state index in [1.165, 1.54) is 5.56 Å². The van der Waals surface area contributed by atoms with Crippen LogP contribution in [0.3, 0.4) is 0 Å². The molecule has 0 unspecified atom stereocenters. The third kappa shape index (κ3) is 4.56. The lowest BCUT2D eigenvalue weighted by atomic mass is 10.1. The third-order valence-corrected chi connectivity index (χ3v) is 4.33. The van der Waals surface area contributed by atoms with Crippen LogP contribution >= 0.6 is 11.6 Å². The summed E-state index contributed by atoms with van der Waals surface area (Å²) >= 11 is 5.90. The summed E-state index contributed by atoms with van der Waals surface area (Å²) in [6.07, 6.45) is 2.74. The van der Waals surface area contributed by atoms with Crippen LogP contribution in [0.2, 0.25) is 5.02 Å². The Morgan fingerprint density at radius 3 is 2.57 bits per heavy atom. The molecule has 1 aromatic carbocycles. The van der Waals surface area contributed by atoms with Gasteiger partial charge >= 0.3 is 0 Å². The first-order valence-electron chi connectivity index (χ1n) is 7.95. The lowest BCUT2D eigenvalue weighted by Crippen LogP contribution is -2.44. The van der Waals surface area contributed by atoms with Crippen LogP contribution < -0.4 is 10.2 Å². The molecule has 1 aromatic heterocycles. The van der Waals surface area contributed by atoms with Gasteiger partial charge in [0.1, 0.15) is 5.82 Å². The van der Waals surface area contributed by atoms with Gasteiger partial charge in [-0.25, -0.2) is 4.98 Å². The van der Waals surface area contributed by atoms with Gasteiger partial charge in [-0.3, -0.25) is 0 Å². The zero-order chi connectivity index (χ0) is 16.1. The van der Waals surface area contributed by atoms with E-state index >= 15 is 0 Å². The van der Waals surface area contributed by atoms with Crippen molar-refractivity contribution in [2.24, 2.45) is 0 Å². The second-order valence-corrected chi connectivity index (χ2v) is 6.27. The third-order valence-electron chi connectivity index (χ3n) is 4.08. The molecule has 2 aromatic rings. The Hall–Kier alpha value is -1.85. The Labute approximate surface area is 142 Å². The van der Waals surface area contributed by atoms with Gasteiger partial charge in [-0.15, -0.1) is 0 Å². The van der Waals surface area contributed by atoms with E-state index in [4.69, 9.17) is 11.6 Å². The first-order chi connectivity index (χ1) is 11.2. The van der Waals surface area contributed by atoms with Crippen LogP contribution in [-0.2, 0) is 6.42 Å². The van der Waals surface area contributed by atoms with E-state index in [1.807, 2.05) is 36.5 Å². The molecule has 3 rings (SSSR count). The molecule has 1 aliphatic rings. The van der Waals surface area contributed by atoms with Gasteiger partial charge in [0.05, 0.1) is 0 Å². The largest absolute Gasteiger partial charge is 0.354 e. The molecule has 1 N–H and O–H groups in total. The van der Waals surface area contributed by atoms with Crippen molar-refractivity contribution in [1.29, 1.82) is 0 Å². The average molecular weight is 332 g/mol. The lowest BCUT2D eigenvalue weighted by Gasteiger charge is -2.33. The van der Waals surface area contributed by atoms with E-state index in [0.717, 1.165) is 50.0 Å². The van der Waals surface area contributed by atoms with Crippen molar-refractivity contribution in [2.45, 2.75) is 6.42 Å². The van der Waals surface area contributed by atoms with Gasteiger partial charge in [0, 0.05) is 43.9 Å². The Morgan fingerprint density at radius 1 is 1.09 bits per heavy atom. The summed E-state index contributed by atoms with van der Waals surface area (Å²) in [7, 11) is 2.15. The fourth-order valence-corrected chi connectivity index (χ4v) is 2.74. The lowest BCUT2D eigenvalue weighted by molar-refractivity contribution is 0.312. The maximum Gasteiger partial charge on any atom is 0.224 e. The van der Waals surface area contributed by atoms with E-state index in [9.17, 15) is 0 Å². The zero-order valence-corrected chi connectivity index (χ0v) is 14.1. The molecule has 6 heteroatoms. The molecule has 0 radical (unpaired) electrons. The van der Waals surface area contributed by atoms with E-state index in [1.54, 1.807) is 0 Å². The molecule has 1 aliphatic heterocycles. The van der Waals surface area contributed by atoms with E-state index < -0.39 is 0 Å². The minimum absolute atomic E-state index is 0.690. The van der Waals surface area contributed by atoms with Gasteiger partial charge in [-0.2, -0.15) is 4.98 Å². The van der Waals surface area contributed by atoms with Crippen molar-refractivity contribution in [2.75, 3.05) is 50.0 Å². The number of likely N-dealkylation sites (N-methyl/N-ethyl adjacent to an activating group) is 1. The maximum absolute atomic E-state index is 5.90. The number of hydrogen-bond acceptors (Lipinski definition) is 5. The molecule has 0 bridgehead atoms. The van der Waals surface area contributed by atoms with Crippen molar-refractivity contribution < 1.29 is 0 Å². The highest BCUT2D eigenvalue weighted by molar-refractivity contribution is 6.30. The number of halogens is 1. The molecule has 1 saturated heterocycles. The molecule has 1 fully saturated rings. The molecule has 0 aliphatic carbocycles. The van der Waals surface area contributed by atoms with Crippen molar-refractivity contribution >= 4 is 23.4 Å². The summed E-state index contributed by atoms with van der Waals surface area (Å²) in [5, 5.41) is 4.07. The Balaban J connectivity index is 1.54. The van der Waals surface area contributed by atoms with Crippen molar-refractivity contribution in [1.82, 2.24) is 14.9 Å². The van der Waals surface area contributed by atoms with Crippen LogP contribution in [-0.4, -0.2) is 54.6 Å². The van der Waals surface area contributed by atoms with Crippen LogP contribution in [0.1, 0.15) is 5.56 Å². The Bertz CT molecular complexity index is 623. The molecule has 5 nitrogen and oxygen atoms in total.